The van der Waals surface area contributed by atoms with Gasteiger partial charge in [-0.25, -0.2) is 9.97 Å². The summed E-state index contributed by atoms with van der Waals surface area (Å²) in [6.45, 7) is 8.59. The van der Waals surface area contributed by atoms with Crippen LogP contribution in [0.15, 0.2) is 36.8 Å². The Kier molecular flexibility index (Phi) is 4.36. The molecule has 4 heterocycles. The van der Waals surface area contributed by atoms with Gasteiger partial charge in [0.25, 0.3) is 0 Å². The minimum absolute atomic E-state index is 0.0133. The number of hydrogen-bond acceptors (Lipinski definition) is 5. The molecule has 6 heteroatoms. The molecule has 1 aliphatic rings. The molecule has 1 atom stereocenters. The molecule has 2 N–H and O–H groups in total. The quantitative estimate of drug-likeness (QED) is 0.759. The van der Waals surface area contributed by atoms with Crippen LogP contribution in [0.25, 0.3) is 17.0 Å². The normalized spacial score (nSPS) is 18.2. The molecule has 26 heavy (non-hydrogen) atoms. The van der Waals surface area contributed by atoms with Gasteiger partial charge in [-0.3, -0.25) is 9.38 Å². The lowest BCUT2D eigenvalue weighted by molar-refractivity contribution is 0.479. The molecule has 6 nitrogen and oxygen atoms in total. The number of pyridine rings is 1. The predicted molar refractivity (Wildman–Crippen MR) is 104 cm³/mol. The van der Waals surface area contributed by atoms with E-state index in [1.165, 1.54) is 12.8 Å². The standard InChI is InChI=1S/C20H26N6/c1-20(2,3)17-13-26-16(11-23-19(26)12-22-17)15-7-4-8-18(25-15)24-14-6-5-9-21-10-14/h4,7-8,11-14,21H,5-6,9-10H2,1-3H3,(H,24,25)/t14-/m1/s1. The summed E-state index contributed by atoms with van der Waals surface area (Å²) in [6.07, 6.45) is 8.16. The first-order chi connectivity index (χ1) is 12.5. The van der Waals surface area contributed by atoms with Gasteiger partial charge in [0.2, 0.25) is 0 Å². The summed E-state index contributed by atoms with van der Waals surface area (Å²) < 4.78 is 2.09. The molecule has 0 amide bonds. The molecule has 1 aliphatic heterocycles. The fourth-order valence-electron chi connectivity index (χ4n) is 3.31. The summed E-state index contributed by atoms with van der Waals surface area (Å²) in [5, 5.41) is 6.98. The first-order valence-corrected chi connectivity index (χ1v) is 9.29. The molecule has 3 aromatic rings. The number of imidazole rings is 1. The zero-order valence-electron chi connectivity index (χ0n) is 15.7. The molecule has 0 aromatic carbocycles. The van der Waals surface area contributed by atoms with E-state index in [0.29, 0.717) is 6.04 Å². The Morgan fingerprint density at radius 3 is 2.85 bits per heavy atom. The molecule has 3 aromatic heterocycles. The lowest BCUT2D eigenvalue weighted by Gasteiger charge is -2.24. The zero-order chi connectivity index (χ0) is 18.1. The van der Waals surface area contributed by atoms with Gasteiger partial charge in [0.05, 0.1) is 29.5 Å². The maximum absolute atomic E-state index is 4.83. The second-order valence-corrected chi connectivity index (χ2v) is 7.99. The average Bonchev–Trinajstić information content (AvgIpc) is 3.05. The fraction of sp³-hybridized carbons (Fsp3) is 0.450. The Labute approximate surface area is 154 Å². The number of nitrogens with zero attached hydrogens (tertiary/aromatic N) is 4. The van der Waals surface area contributed by atoms with Gasteiger partial charge in [-0.1, -0.05) is 26.8 Å². The molecule has 0 spiro atoms. The number of piperidine rings is 1. The molecule has 0 saturated carbocycles. The molecule has 1 saturated heterocycles. The Morgan fingerprint density at radius 1 is 1.19 bits per heavy atom. The highest BCUT2D eigenvalue weighted by Gasteiger charge is 2.18. The van der Waals surface area contributed by atoms with Gasteiger partial charge in [0, 0.05) is 24.2 Å². The van der Waals surface area contributed by atoms with Gasteiger partial charge in [0.15, 0.2) is 5.65 Å². The van der Waals surface area contributed by atoms with Crippen molar-refractivity contribution in [1.82, 2.24) is 24.7 Å². The van der Waals surface area contributed by atoms with Gasteiger partial charge >= 0.3 is 0 Å². The monoisotopic (exact) mass is 350 g/mol. The van der Waals surface area contributed by atoms with E-state index in [1.807, 2.05) is 30.6 Å². The van der Waals surface area contributed by atoms with Crippen LogP contribution in [0.3, 0.4) is 0 Å². The van der Waals surface area contributed by atoms with Gasteiger partial charge in [-0.05, 0) is 31.5 Å². The maximum Gasteiger partial charge on any atom is 0.155 e. The van der Waals surface area contributed by atoms with Gasteiger partial charge < -0.3 is 10.6 Å². The third kappa shape index (κ3) is 3.42. The van der Waals surface area contributed by atoms with Crippen LogP contribution in [-0.2, 0) is 5.41 Å². The van der Waals surface area contributed by atoms with Crippen LogP contribution in [0.1, 0.15) is 39.3 Å². The van der Waals surface area contributed by atoms with E-state index in [0.717, 1.165) is 41.6 Å². The van der Waals surface area contributed by atoms with Crippen LogP contribution < -0.4 is 10.6 Å². The van der Waals surface area contributed by atoms with Crippen molar-refractivity contribution in [2.45, 2.75) is 45.1 Å². The highest BCUT2D eigenvalue weighted by molar-refractivity contribution is 5.61. The molecule has 136 valence electrons. The average molecular weight is 350 g/mol. The predicted octanol–water partition coefficient (Wildman–Crippen LogP) is 3.25. The van der Waals surface area contributed by atoms with Crippen molar-refractivity contribution in [1.29, 1.82) is 0 Å². The Bertz CT molecular complexity index is 902. The van der Waals surface area contributed by atoms with Crippen LogP contribution in [0, 0.1) is 0 Å². The minimum atomic E-state index is -0.0133. The molecule has 0 radical (unpaired) electrons. The Morgan fingerprint density at radius 2 is 2.08 bits per heavy atom. The van der Waals surface area contributed by atoms with Crippen molar-refractivity contribution in [3.8, 4) is 11.4 Å². The number of nitrogens with one attached hydrogen (secondary N) is 2. The van der Waals surface area contributed by atoms with E-state index >= 15 is 0 Å². The van der Waals surface area contributed by atoms with Crippen LogP contribution in [-0.4, -0.2) is 38.5 Å². The SMILES string of the molecule is CC(C)(C)c1cn2c(-c3cccc(N[C@@H]4CCCNC4)n3)cnc2cn1. The number of fused-ring (bicyclic) bond motifs is 1. The lowest BCUT2D eigenvalue weighted by atomic mass is 9.93. The highest BCUT2D eigenvalue weighted by Crippen LogP contribution is 2.24. The third-order valence-electron chi connectivity index (χ3n) is 4.82. The molecule has 1 fully saturated rings. The summed E-state index contributed by atoms with van der Waals surface area (Å²) in [4.78, 5) is 13.9. The topological polar surface area (TPSA) is 67.1 Å². The summed E-state index contributed by atoms with van der Waals surface area (Å²) in [6, 6.07) is 6.55. The van der Waals surface area contributed by atoms with Crippen LogP contribution in [0.5, 0.6) is 0 Å². The van der Waals surface area contributed by atoms with Crippen molar-refractivity contribution in [3.05, 3.63) is 42.5 Å². The minimum Gasteiger partial charge on any atom is -0.366 e. The smallest absolute Gasteiger partial charge is 0.155 e. The third-order valence-corrected chi connectivity index (χ3v) is 4.82. The fourth-order valence-corrected chi connectivity index (χ4v) is 3.31. The largest absolute Gasteiger partial charge is 0.366 e. The van der Waals surface area contributed by atoms with Crippen molar-refractivity contribution >= 4 is 11.5 Å². The van der Waals surface area contributed by atoms with Gasteiger partial charge in [-0.15, -0.1) is 0 Å². The molecule has 0 bridgehead atoms. The number of rotatable bonds is 3. The van der Waals surface area contributed by atoms with E-state index in [2.05, 4.69) is 52.0 Å². The highest BCUT2D eigenvalue weighted by atomic mass is 15.1. The summed E-state index contributed by atoms with van der Waals surface area (Å²) in [7, 11) is 0. The van der Waals surface area contributed by atoms with E-state index in [1.54, 1.807) is 0 Å². The Hall–Kier alpha value is -2.47. The Balaban J connectivity index is 1.67. The van der Waals surface area contributed by atoms with E-state index in [9.17, 15) is 0 Å². The van der Waals surface area contributed by atoms with E-state index < -0.39 is 0 Å². The first-order valence-electron chi connectivity index (χ1n) is 9.29. The second-order valence-electron chi connectivity index (χ2n) is 7.99. The number of hydrogen-bond donors (Lipinski definition) is 2. The molecule has 4 rings (SSSR count). The number of aromatic nitrogens is 4. The first kappa shape index (κ1) is 17.0. The summed E-state index contributed by atoms with van der Waals surface area (Å²) >= 11 is 0. The van der Waals surface area contributed by atoms with E-state index in [4.69, 9.17) is 4.98 Å². The van der Waals surface area contributed by atoms with Crippen molar-refractivity contribution in [2.75, 3.05) is 18.4 Å². The van der Waals surface area contributed by atoms with Crippen molar-refractivity contribution in [2.24, 2.45) is 0 Å². The second kappa shape index (κ2) is 6.68. The van der Waals surface area contributed by atoms with E-state index in [-0.39, 0.29) is 5.41 Å². The van der Waals surface area contributed by atoms with Crippen molar-refractivity contribution in [3.63, 3.8) is 0 Å². The van der Waals surface area contributed by atoms with Crippen LogP contribution in [0.2, 0.25) is 0 Å². The molecule has 0 unspecified atom stereocenters. The summed E-state index contributed by atoms with van der Waals surface area (Å²) in [5.41, 5.74) is 3.76. The summed E-state index contributed by atoms with van der Waals surface area (Å²) in [5.74, 6) is 0.913. The van der Waals surface area contributed by atoms with Crippen LogP contribution >= 0.6 is 0 Å². The molecular formula is C20H26N6. The van der Waals surface area contributed by atoms with Gasteiger partial charge in [-0.2, -0.15) is 0 Å². The van der Waals surface area contributed by atoms with Crippen molar-refractivity contribution < 1.29 is 0 Å². The zero-order valence-corrected chi connectivity index (χ0v) is 15.7. The van der Waals surface area contributed by atoms with Gasteiger partial charge in [0.1, 0.15) is 5.82 Å². The molecular weight excluding hydrogens is 324 g/mol. The lowest BCUT2D eigenvalue weighted by Crippen LogP contribution is -2.38. The maximum atomic E-state index is 4.83. The van der Waals surface area contributed by atoms with Crippen LogP contribution in [0.4, 0.5) is 5.82 Å². The number of anilines is 1. The molecule has 0 aliphatic carbocycles.